The molecule has 0 saturated carbocycles. The summed E-state index contributed by atoms with van der Waals surface area (Å²) >= 11 is 7.02. The second kappa shape index (κ2) is 12.6. The first-order chi connectivity index (χ1) is 20.2. The van der Waals surface area contributed by atoms with Crippen LogP contribution < -0.4 is 19.8 Å². The van der Waals surface area contributed by atoms with Crippen molar-refractivity contribution in [2.75, 3.05) is 24.3 Å². The average molecular weight is 612 g/mol. The molecule has 1 aromatic heterocycles. The molecular weight excluding hydrogens is 587 g/mol. The highest BCUT2D eigenvalue weighted by molar-refractivity contribution is 8.14. The first kappa shape index (κ1) is 29.1. The van der Waals surface area contributed by atoms with E-state index in [1.807, 2.05) is 49.4 Å². The molecule has 2 heterocycles. The molecule has 1 aliphatic heterocycles. The number of hydrazone groups is 1. The fourth-order valence-electron chi connectivity index (χ4n) is 4.09. The molecule has 0 spiro atoms. The van der Waals surface area contributed by atoms with Gasteiger partial charge in [0.2, 0.25) is 5.11 Å². The van der Waals surface area contributed by atoms with Crippen molar-refractivity contribution in [1.29, 1.82) is 0 Å². The van der Waals surface area contributed by atoms with E-state index >= 15 is 0 Å². The van der Waals surface area contributed by atoms with Crippen molar-refractivity contribution in [3.63, 3.8) is 0 Å². The van der Waals surface area contributed by atoms with Crippen LogP contribution in [-0.2, 0) is 0 Å². The largest absolute Gasteiger partial charge is 0.573 e. The van der Waals surface area contributed by atoms with E-state index in [0.717, 1.165) is 45.6 Å². The predicted octanol–water partition coefficient (Wildman–Crippen LogP) is 5.97. The average Bonchev–Trinajstić information content (AvgIpc) is 3.63. The molecule has 0 aliphatic carbocycles. The van der Waals surface area contributed by atoms with Gasteiger partial charge in [-0.2, -0.15) is 10.1 Å². The molecule has 14 heteroatoms. The van der Waals surface area contributed by atoms with E-state index in [0.29, 0.717) is 11.5 Å². The number of rotatable bonds is 7. The van der Waals surface area contributed by atoms with E-state index in [4.69, 9.17) is 17.0 Å². The molecule has 0 radical (unpaired) electrons. The summed E-state index contributed by atoms with van der Waals surface area (Å²) in [6.45, 7) is 2.86. The van der Waals surface area contributed by atoms with E-state index < -0.39 is 6.36 Å². The minimum atomic E-state index is -4.75. The summed E-state index contributed by atoms with van der Waals surface area (Å²) in [6, 6.07) is 18.7. The maximum atomic E-state index is 12.4. The fourth-order valence-corrected chi connectivity index (χ4v) is 5.24. The zero-order valence-electron chi connectivity index (χ0n) is 22.4. The number of ether oxygens (including phenoxy) is 2. The monoisotopic (exact) mass is 611 g/mol. The van der Waals surface area contributed by atoms with Crippen LogP contribution in [0.15, 0.2) is 83.2 Å². The highest BCUT2D eigenvalue weighted by Crippen LogP contribution is 2.31. The number of benzene rings is 3. The van der Waals surface area contributed by atoms with Gasteiger partial charge >= 0.3 is 6.36 Å². The predicted molar refractivity (Wildman–Crippen MR) is 162 cm³/mol. The number of alkyl halides is 3. The third-order valence-corrected chi connectivity index (χ3v) is 7.18. The highest BCUT2D eigenvalue weighted by Gasteiger charge is 2.31. The van der Waals surface area contributed by atoms with Gasteiger partial charge in [0.05, 0.1) is 19.0 Å². The molecule has 1 fully saturated rings. The molecule has 1 aliphatic rings. The van der Waals surface area contributed by atoms with E-state index in [9.17, 15) is 13.2 Å². The van der Waals surface area contributed by atoms with Gasteiger partial charge < -0.3 is 14.4 Å². The summed E-state index contributed by atoms with van der Waals surface area (Å²) in [5.74, 6) is 1.85. The van der Waals surface area contributed by atoms with Gasteiger partial charge in [0.1, 0.15) is 17.8 Å². The van der Waals surface area contributed by atoms with E-state index in [1.165, 1.54) is 35.3 Å². The fraction of sp³-hybridized carbons (Fsp3) is 0.179. The topological polar surface area (TPSA) is 89.2 Å². The Morgan fingerprint density at radius 2 is 1.81 bits per heavy atom. The molecule has 0 unspecified atom stereocenters. The third kappa shape index (κ3) is 7.25. The maximum Gasteiger partial charge on any atom is 0.573 e. The van der Waals surface area contributed by atoms with Gasteiger partial charge in [0.15, 0.2) is 11.0 Å². The molecular formula is C28H24F3N7O2S2. The van der Waals surface area contributed by atoms with Crippen molar-refractivity contribution in [2.24, 2.45) is 10.1 Å². The maximum absolute atomic E-state index is 12.4. The first-order valence-electron chi connectivity index (χ1n) is 12.5. The number of thiocarbonyl (C=S) groups is 1. The van der Waals surface area contributed by atoms with Crippen LogP contribution in [0.2, 0.25) is 0 Å². The summed E-state index contributed by atoms with van der Waals surface area (Å²) in [5, 5.41) is 9.68. The number of aryl methyl sites for hydroxylation is 1. The van der Waals surface area contributed by atoms with Crippen molar-refractivity contribution in [3.8, 4) is 28.6 Å². The number of halogens is 3. The van der Waals surface area contributed by atoms with E-state index in [2.05, 4.69) is 35.2 Å². The highest BCUT2D eigenvalue weighted by atomic mass is 32.2. The van der Waals surface area contributed by atoms with Gasteiger partial charge in [0.25, 0.3) is 0 Å². The quantitative estimate of drug-likeness (QED) is 0.155. The Balaban J connectivity index is 1.18. The molecule has 9 nitrogen and oxygen atoms in total. The standard InChI is InChI=1S/C28H24F3N7O2S2/c1-18-15-23(39-2)11-12-24(18)37-13-14-42-27(37)34-26(41)35-33-16-19-3-5-20(6-4-19)25-32-17-38(36-25)21-7-9-22(10-8-21)40-28(29,30)31/h3-12,15-17H,13-14H2,1-2H3,(H,35,41)/b33-16+,34-27-. The number of thioether (sulfide) groups is 1. The molecule has 5 rings (SSSR count). The zero-order chi connectivity index (χ0) is 29.7. The number of anilines is 1. The molecule has 1 saturated heterocycles. The summed E-state index contributed by atoms with van der Waals surface area (Å²) < 4.78 is 47.8. The Morgan fingerprint density at radius 3 is 2.50 bits per heavy atom. The number of aliphatic imine (C=N–C) groups is 1. The number of aromatic nitrogens is 3. The van der Waals surface area contributed by atoms with Crippen LogP contribution in [0, 0.1) is 6.92 Å². The van der Waals surface area contributed by atoms with Gasteiger partial charge in [-0.1, -0.05) is 36.0 Å². The minimum absolute atomic E-state index is 0.246. The van der Waals surface area contributed by atoms with Gasteiger partial charge in [-0.15, -0.1) is 18.3 Å². The second-order valence-electron chi connectivity index (χ2n) is 8.90. The number of hydrogen-bond donors (Lipinski definition) is 1. The number of nitrogens with one attached hydrogen (secondary N) is 1. The van der Waals surface area contributed by atoms with Crippen molar-refractivity contribution in [3.05, 3.63) is 84.2 Å². The molecule has 0 amide bonds. The lowest BCUT2D eigenvalue weighted by molar-refractivity contribution is -0.274. The van der Waals surface area contributed by atoms with Crippen molar-refractivity contribution in [2.45, 2.75) is 13.3 Å². The lowest BCUT2D eigenvalue weighted by Crippen LogP contribution is -2.26. The lowest BCUT2D eigenvalue weighted by atomic mass is 10.1. The molecule has 0 bridgehead atoms. The van der Waals surface area contributed by atoms with Crippen LogP contribution in [0.25, 0.3) is 17.1 Å². The molecule has 1 N–H and O–H groups in total. The molecule has 4 aromatic rings. The van der Waals surface area contributed by atoms with E-state index in [-0.39, 0.29) is 10.9 Å². The zero-order valence-corrected chi connectivity index (χ0v) is 24.0. The smallest absolute Gasteiger partial charge is 0.497 e. The van der Waals surface area contributed by atoms with Gasteiger partial charge in [-0.25, -0.2) is 9.67 Å². The molecule has 216 valence electrons. The van der Waals surface area contributed by atoms with Crippen molar-refractivity contribution in [1.82, 2.24) is 20.2 Å². The Morgan fingerprint density at radius 1 is 1.07 bits per heavy atom. The summed E-state index contributed by atoms with van der Waals surface area (Å²) in [4.78, 5) is 11.0. The van der Waals surface area contributed by atoms with Crippen LogP contribution in [0.3, 0.4) is 0 Å². The molecule has 0 atom stereocenters. The number of methoxy groups -OCH3 is 1. The summed E-state index contributed by atoms with van der Waals surface area (Å²) in [5.41, 5.74) is 7.04. The van der Waals surface area contributed by atoms with Crippen molar-refractivity contribution >= 4 is 46.2 Å². The van der Waals surface area contributed by atoms with Crippen LogP contribution >= 0.6 is 24.0 Å². The van der Waals surface area contributed by atoms with Gasteiger partial charge in [-0.05, 0) is 72.7 Å². The van der Waals surface area contributed by atoms with Crippen LogP contribution in [0.5, 0.6) is 11.5 Å². The third-order valence-electron chi connectivity index (χ3n) is 6.04. The normalized spacial score (nSPS) is 14.5. The summed E-state index contributed by atoms with van der Waals surface area (Å²) in [7, 11) is 1.65. The number of amidine groups is 1. The molecule has 3 aromatic carbocycles. The number of nitrogens with zero attached hydrogens (tertiary/aromatic N) is 6. The Kier molecular flexibility index (Phi) is 8.73. The minimum Gasteiger partial charge on any atom is -0.497 e. The second-order valence-corrected chi connectivity index (χ2v) is 10.3. The van der Waals surface area contributed by atoms with Gasteiger partial charge in [-0.3, -0.25) is 5.43 Å². The van der Waals surface area contributed by atoms with Gasteiger partial charge in [0, 0.05) is 23.5 Å². The first-order valence-corrected chi connectivity index (χ1v) is 13.9. The molecule has 42 heavy (non-hydrogen) atoms. The lowest BCUT2D eigenvalue weighted by Gasteiger charge is -2.20. The SMILES string of the molecule is COc1ccc(N2CCS/C2=N\C(=S)N/N=C/c2ccc(-c3ncn(-c4ccc(OC(F)(F)F)cc4)n3)cc2)c(C)c1. The Bertz CT molecular complexity index is 1620. The van der Waals surface area contributed by atoms with Crippen LogP contribution in [0.4, 0.5) is 18.9 Å². The van der Waals surface area contributed by atoms with E-state index in [1.54, 1.807) is 25.1 Å². The van der Waals surface area contributed by atoms with Crippen molar-refractivity contribution < 1.29 is 22.6 Å². The number of hydrogen-bond acceptors (Lipinski definition) is 7. The summed E-state index contributed by atoms with van der Waals surface area (Å²) in [6.07, 6.45) is -1.64. The van der Waals surface area contributed by atoms with Crippen LogP contribution in [0.1, 0.15) is 11.1 Å². The Labute approximate surface area is 249 Å². The van der Waals surface area contributed by atoms with Crippen LogP contribution in [-0.4, -0.2) is 57.0 Å². The Hall–Kier alpha value is -4.43.